The van der Waals surface area contributed by atoms with Gasteiger partial charge in [0.1, 0.15) is 16.5 Å². The van der Waals surface area contributed by atoms with Crippen molar-refractivity contribution in [2.24, 2.45) is 0 Å². The Balaban J connectivity index is 1.50. The summed E-state index contributed by atoms with van der Waals surface area (Å²) >= 11 is 6.28. The SMILES string of the molecule is C=CC(=O)Nc1cccc(Oc2nc(Nc3ccc(C4CCN(C)CC4)cc3OC)ncc2Cl)c1. The number of hydrogen-bond acceptors (Lipinski definition) is 7. The third-order valence-electron chi connectivity index (χ3n) is 5.88. The summed E-state index contributed by atoms with van der Waals surface area (Å²) in [5.41, 5.74) is 2.57. The lowest BCUT2D eigenvalue weighted by Gasteiger charge is -2.29. The van der Waals surface area contributed by atoms with E-state index in [0.717, 1.165) is 31.6 Å². The van der Waals surface area contributed by atoms with Crippen molar-refractivity contribution >= 4 is 34.8 Å². The minimum absolute atomic E-state index is 0.179. The second-order valence-electron chi connectivity index (χ2n) is 8.33. The topological polar surface area (TPSA) is 88.6 Å². The number of nitrogens with zero attached hydrogens (tertiary/aromatic N) is 3. The van der Waals surface area contributed by atoms with Gasteiger partial charge in [0.15, 0.2) is 0 Å². The van der Waals surface area contributed by atoms with Crippen LogP contribution in [0.2, 0.25) is 5.02 Å². The lowest BCUT2D eigenvalue weighted by Crippen LogP contribution is -2.29. The van der Waals surface area contributed by atoms with Crippen LogP contribution in [0.15, 0.2) is 61.3 Å². The van der Waals surface area contributed by atoms with E-state index in [0.29, 0.717) is 29.1 Å². The third kappa shape index (κ3) is 6.29. The summed E-state index contributed by atoms with van der Waals surface area (Å²) in [6.07, 6.45) is 4.92. The minimum atomic E-state index is -0.315. The summed E-state index contributed by atoms with van der Waals surface area (Å²) in [5.74, 6) is 1.87. The summed E-state index contributed by atoms with van der Waals surface area (Å²) < 4.78 is 11.5. The van der Waals surface area contributed by atoms with Gasteiger partial charge < -0.3 is 25.0 Å². The molecule has 182 valence electrons. The Bertz CT molecular complexity index is 1210. The normalized spacial score (nSPS) is 14.3. The smallest absolute Gasteiger partial charge is 0.247 e. The van der Waals surface area contributed by atoms with Crippen molar-refractivity contribution in [1.29, 1.82) is 0 Å². The van der Waals surface area contributed by atoms with Gasteiger partial charge in [-0.2, -0.15) is 4.98 Å². The van der Waals surface area contributed by atoms with Crippen LogP contribution in [0, 0.1) is 0 Å². The average molecular weight is 494 g/mol. The van der Waals surface area contributed by atoms with Crippen molar-refractivity contribution in [1.82, 2.24) is 14.9 Å². The van der Waals surface area contributed by atoms with Crippen LogP contribution in [0.25, 0.3) is 0 Å². The number of piperidine rings is 1. The quantitative estimate of drug-likeness (QED) is 0.394. The number of amides is 1. The van der Waals surface area contributed by atoms with Gasteiger partial charge in [-0.15, -0.1) is 0 Å². The van der Waals surface area contributed by atoms with Gasteiger partial charge in [0.25, 0.3) is 0 Å². The fraction of sp³-hybridized carbons (Fsp3) is 0.269. The fourth-order valence-electron chi connectivity index (χ4n) is 3.95. The Morgan fingerprint density at radius 1 is 1.23 bits per heavy atom. The molecule has 2 N–H and O–H groups in total. The number of anilines is 3. The zero-order valence-electron chi connectivity index (χ0n) is 19.8. The summed E-state index contributed by atoms with van der Waals surface area (Å²) in [7, 11) is 3.81. The number of methoxy groups -OCH3 is 1. The summed E-state index contributed by atoms with van der Waals surface area (Å²) in [5, 5.41) is 6.14. The maximum Gasteiger partial charge on any atom is 0.247 e. The van der Waals surface area contributed by atoms with E-state index >= 15 is 0 Å². The van der Waals surface area contributed by atoms with Gasteiger partial charge in [-0.25, -0.2) is 4.98 Å². The number of aromatic nitrogens is 2. The molecule has 35 heavy (non-hydrogen) atoms. The second-order valence-corrected chi connectivity index (χ2v) is 8.74. The number of likely N-dealkylation sites (tertiary alicyclic amines) is 1. The van der Waals surface area contributed by atoms with Crippen LogP contribution in [0.3, 0.4) is 0 Å². The molecule has 0 aliphatic carbocycles. The highest BCUT2D eigenvalue weighted by molar-refractivity contribution is 6.31. The van der Waals surface area contributed by atoms with Gasteiger partial charge in [0.05, 0.1) is 19.0 Å². The molecule has 0 atom stereocenters. The van der Waals surface area contributed by atoms with Crippen LogP contribution in [0.1, 0.15) is 24.3 Å². The molecule has 1 aromatic heterocycles. The van der Waals surface area contributed by atoms with E-state index in [2.05, 4.69) is 51.3 Å². The maximum atomic E-state index is 11.6. The standard InChI is InChI=1S/C26H28ClN5O3/c1-4-24(33)29-19-6-5-7-20(15-19)35-25-21(27)16-28-26(31-25)30-22-9-8-18(14-23(22)34-3)17-10-12-32(2)13-11-17/h4-9,14-17H,1,10-13H2,2-3H3,(H,29,33)(H,28,30,31). The van der Waals surface area contributed by atoms with E-state index in [9.17, 15) is 4.79 Å². The van der Waals surface area contributed by atoms with Crippen LogP contribution < -0.4 is 20.1 Å². The molecule has 4 rings (SSSR count). The predicted molar refractivity (Wildman–Crippen MR) is 138 cm³/mol. The summed E-state index contributed by atoms with van der Waals surface area (Å²) in [6, 6.07) is 13.1. The van der Waals surface area contributed by atoms with E-state index in [1.165, 1.54) is 17.8 Å². The average Bonchev–Trinajstić information content (AvgIpc) is 2.87. The molecule has 9 heteroatoms. The lowest BCUT2D eigenvalue weighted by atomic mass is 9.89. The minimum Gasteiger partial charge on any atom is -0.495 e. The van der Waals surface area contributed by atoms with Crippen molar-refractivity contribution in [3.8, 4) is 17.4 Å². The Morgan fingerprint density at radius 2 is 2.03 bits per heavy atom. The summed E-state index contributed by atoms with van der Waals surface area (Å²) in [6.45, 7) is 5.64. The Kier molecular flexibility index (Phi) is 7.84. The number of carbonyl (C=O) groups excluding carboxylic acids is 1. The molecule has 1 aliphatic rings. The van der Waals surface area contributed by atoms with Gasteiger partial charge in [-0.3, -0.25) is 4.79 Å². The molecule has 2 aromatic carbocycles. The first-order valence-electron chi connectivity index (χ1n) is 11.3. The van der Waals surface area contributed by atoms with Gasteiger partial charge in [-0.1, -0.05) is 30.3 Å². The Morgan fingerprint density at radius 3 is 2.77 bits per heavy atom. The first kappa shape index (κ1) is 24.5. The number of nitrogens with one attached hydrogen (secondary N) is 2. The van der Waals surface area contributed by atoms with Crippen LogP contribution in [0.5, 0.6) is 17.4 Å². The predicted octanol–water partition coefficient (Wildman–Crippen LogP) is 5.61. The monoisotopic (exact) mass is 493 g/mol. The molecule has 8 nitrogen and oxygen atoms in total. The molecule has 0 unspecified atom stereocenters. The van der Waals surface area contributed by atoms with E-state index in [1.807, 2.05) is 6.07 Å². The van der Waals surface area contributed by atoms with E-state index in [1.54, 1.807) is 31.4 Å². The highest BCUT2D eigenvalue weighted by Gasteiger charge is 2.20. The lowest BCUT2D eigenvalue weighted by molar-refractivity contribution is -0.111. The van der Waals surface area contributed by atoms with Crippen LogP contribution in [-0.2, 0) is 4.79 Å². The van der Waals surface area contributed by atoms with E-state index < -0.39 is 0 Å². The molecule has 1 saturated heterocycles. The molecule has 0 bridgehead atoms. The molecule has 2 heterocycles. The number of rotatable bonds is 8. The number of carbonyl (C=O) groups is 1. The van der Waals surface area contributed by atoms with Crippen LogP contribution in [-0.4, -0.2) is 48.0 Å². The van der Waals surface area contributed by atoms with E-state index in [4.69, 9.17) is 21.1 Å². The molecular formula is C26H28ClN5O3. The first-order chi connectivity index (χ1) is 16.9. The zero-order valence-corrected chi connectivity index (χ0v) is 20.5. The second kappa shape index (κ2) is 11.2. The van der Waals surface area contributed by atoms with Gasteiger partial charge in [0.2, 0.25) is 17.7 Å². The summed E-state index contributed by atoms with van der Waals surface area (Å²) in [4.78, 5) is 22.6. The number of hydrogen-bond donors (Lipinski definition) is 2. The van der Waals surface area contributed by atoms with Crippen LogP contribution >= 0.6 is 11.6 Å². The van der Waals surface area contributed by atoms with Gasteiger partial charge in [-0.05, 0) is 74.8 Å². The maximum absolute atomic E-state index is 11.6. The van der Waals surface area contributed by atoms with Crippen molar-refractivity contribution < 1.29 is 14.3 Å². The van der Waals surface area contributed by atoms with Crippen molar-refractivity contribution in [2.45, 2.75) is 18.8 Å². The molecule has 1 aliphatic heterocycles. The molecule has 1 amide bonds. The first-order valence-corrected chi connectivity index (χ1v) is 11.7. The molecule has 0 spiro atoms. The number of halogens is 1. The van der Waals surface area contributed by atoms with Crippen molar-refractivity contribution in [2.75, 3.05) is 37.9 Å². The van der Waals surface area contributed by atoms with Crippen LogP contribution in [0.4, 0.5) is 17.3 Å². The third-order valence-corrected chi connectivity index (χ3v) is 6.13. The zero-order chi connectivity index (χ0) is 24.8. The molecule has 0 saturated carbocycles. The highest BCUT2D eigenvalue weighted by atomic mass is 35.5. The highest BCUT2D eigenvalue weighted by Crippen LogP contribution is 2.35. The van der Waals surface area contributed by atoms with Crippen molar-refractivity contribution in [3.05, 3.63) is 71.9 Å². The molecule has 1 fully saturated rings. The fourth-order valence-corrected chi connectivity index (χ4v) is 4.08. The largest absolute Gasteiger partial charge is 0.495 e. The number of ether oxygens (including phenoxy) is 2. The Labute approximate surface area is 209 Å². The number of benzene rings is 2. The van der Waals surface area contributed by atoms with Crippen molar-refractivity contribution in [3.63, 3.8) is 0 Å². The molecular weight excluding hydrogens is 466 g/mol. The van der Waals surface area contributed by atoms with Gasteiger partial charge >= 0.3 is 0 Å². The Hall–Kier alpha value is -3.62. The van der Waals surface area contributed by atoms with E-state index in [-0.39, 0.29) is 16.8 Å². The molecule has 3 aromatic rings. The van der Waals surface area contributed by atoms with Gasteiger partial charge in [0, 0.05) is 11.8 Å². The molecule has 0 radical (unpaired) electrons.